The van der Waals surface area contributed by atoms with E-state index in [1.165, 1.54) is 0 Å². The van der Waals surface area contributed by atoms with Crippen LogP contribution in [-0.4, -0.2) is 20.1 Å². The third-order valence-corrected chi connectivity index (χ3v) is 3.82. The van der Waals surface area contributed by atoms with E-state index in [4.69, 9.17) is 5.11 Å². The summed E-state index contributed by atoms with van der Waals surface area (Å²) in [5.74, 6) is 0. The van der Waals surface area contributed by atoms with Gasteiger partial charge >= 0.3 is 0 Å². The molecule has 0 amide bonds. The summed E-state index contributed by atoms with van der Waals surface area (Å²) in [6.07, 6.45) is 0. The minimum Gasteiger partial charge on any atom is -0.392 e. The van der Waals surface area contributed by atoms with E-state index in [-0.39, 0.29) is 6.61 Å². The lowest BCUT2D eigenvalue weighted by Crippen LogP contribution is -1.93. The van der Waals surface area contributed by atoms with Gasteiger partial charge in [0.1, 0.15) is 0 Å². The van der Waals surface area contributed by atoms with Crippen LogP contribution in [0.3, 0.4) is 0 Å². The van der Waals surface area contributed by atoms with Gasteiger partial charge in [0.05, 0.1) is 11.5 Å². The van der Waals surface area contributed by atoms with E-state index in [1.807, 2.05) is 6.92 Å². The lowest BCUT2D eigenvalue weighted by atomic mass is 10.1. The molecule has 0 radical (unpaired) electrons. The molecule has 0 unspecified atom stereocenters. The number of rotatable bonds is 1. The zero-order valence-electron chi connectivity index (χ0n) is 7.69. The van der Waals surface area contributed by atoms with Gasteiger partial charge in [-0.15, -0.1) is 0 Å². The van der Waals surface area contributed by atoms with Crippen LogP contribution in [0.2, 0.25) is 0 Å². The first kappa shape index (κ1) is 9.43. The molecule has 4 heteroatoms. The second-order valence-electron chi connectivity index (χ2n) is 3.35. The highest BCUT2D eigenvalue weighted by atomic mass is 32.2. The van der Waals surface area contributed by atoms with Gasteiger partial charge in [0.15, 0.2) is 0 Å². The average Bonchev–Trinajstić information content (AvgIpc) is 2.37. The van der Waals surface area contributed by atoms with Crippen molar-refractivity contribution in [3.05, 3.63) is 34.7 Å². The van der Waals surface area contributed by atoms with E-state index in [1.54, 1.807) is 18.2 Å². The largest absolute Gasteiger partial charge is 0.392 e. The molecule has 1 heterocycles. The second kappa shape index (κ2) is 2.93. The van der Waals surface area contributed by atoms with E-state index in [9.17, 15) is 8.42 Å². The number of aliphatic hydroxyl groups is 1. The summed E-state index contributed by atoms with van der Waals surface area (Å²) in [5, 5.41) is 10.1. The Labute approximate surface area is 82.6 Å². The van der Waals surface area contributed by atoms with Crippen LogP contribution in [0.5, 0.6) is 0 Å². The molecule has 0 aromatic heterocycles. The normalized spacial score (nSPS) is 17.7. The van der Waals surface area contributed by atoms with Crippen molar-refractivity contribution in [3.63, 3.8) is 0 Å². The maximum Gasteiger partial charge on any atom is 0.200 e. The van der Waals surface area contributed by atoms with Gasteiger partial charge in [-0.05, 0) is 24.1 Å². The Morgan fingerprint density at radius 3 is 2.71 bits per heavy atom. The van der Waals surface area contributed by atoms with Crippen molar-refractivity contribution >= 4 is 15.4 Å². The Hall–Kier alpha value is -1.13. The van der Waals surface area contributed by atoms with Gasteiger partial charge < -0.3 is 5.11 Å². The Morgan fingerprint density at radius 2 is 2.07 bits per heavy atom. The molecule has 14 heavy (non-hydrogen) atoms. The number of hydrogen-bond acceptors (Lipinski definition) is 3. The standard InChI is InChI=1S/C10H10O3S/c1-7-2-3-10-9(4-7)8(5-11)6-14(10,12)13/h2-4,6,11H,5H2,1H3. The Kier molecular flexibility index (Phi) is 1.97. The fourth-order valence-corrected chi connectivity index (χ4v) is 3.04. The van der Waals surface area contributed by atoms with Gasteiger partial charge in [-0.3, -0.25) is 0 Å². The molecule has 1 aromatic rings. The molecule has 0 saturated heterocycles. The van der Waals surface area contributed by atoms with Crippen LogP contribution in [0, 0.1) is 6.92 Å². The van der Waals surface area contributed by atoms with E-state index >= 15 is 0 Å². The number of sulfone groups is 1. The van der Waals surface area contributed by atoms with Gasteiger partial charge in [-0.25, -0.2) is 8.42 Å². The van der Waals surface area contributed by atoms with Gasteiger partial charge in [0, 0.05) is 5.41 Å². The fraction of sp³-hybridized carbons (Fsp3) is 0.200. The molecular formula is C10H10O3S. The molecule has 0 fully saturated rings. The topological polar surface area (TPSA) is 54.4 Å². The summed E-state index contributed by atoms with van der Waals surface area (Å²) in [4.78, 5) is 0.298. The van der Waals surface area contributed by atoms with Crippen molar-refractivity contribution in [2.75, 3.05) is 6.61 Å². The predicted octanol–water partition coefficient (Wildman–Crippen LogP) is 1.12. The highest BCUT2D eigenvalue weighted by Crippen LogP contribution is 2.33. The molecule has 1 aromatic carbocycles. The number of aryl methyl sites for hydroxylation is 1. The van der Waals surface area contributed by atoms with Crippen molar-refractivity contribution in [2.45, 2.75) is 11.8 Å². The van der Waals surface area contributed by atoms with Crippen molar-refractivity contribution < 1.29 is 13.5 Å². The molecule has 0 saturated carbocycles. The maximum atomic E-state index is 11.5. The molecule has 2 rings (SSSR count). The van der Waals surface area contributed by atoms with Crippen molar-refractivity contribution in [1.82, 2.24) is 0 Å². The maximum absolute atomic E-state index is 11.5. The first-order valence-corrected chi connectivity index (χ1v) is 5.77. The quantitative estimate of drug-likeness (QED) is 0.755. The minimum absolute atomic E-state index is 0.240. The first-order valence-electron chi connectivity index (χ1n) is 4.22. The SMILES string of the molecule is Cc1ccc2c(c1)C(CO)=CS2(=O)=O. The van der Waals surface area contributed by atoms with Crippen LogP contribution in [0.25, 0.3) is 5.57 Å². The molecule has 1 N–H and O–H groups in total. The average molecular weight is 210 g/mol. The fourth-order valence-electron chi connectivity index (χ4n) is 1.58. The molecular weight excluding hydrogens is 200 g/mol. The van der Waals surface area contributed by atoms with E-state index in [2.05, 4.69) is 0 Å². The monoisotopic (exact) mass is 210 g/mol. The molecule has 0 atom stereocenters. The van der Waals surface area contributed by atoms with Crippen LogP contribution in [0.15, 0.2) is 28.5 Å². The second-order valence-corrected chi connectivity index (χ2v) is 5.11. The van der Waals surface area contributed by atoms with Gasteiger partial charge in [-0.1, -0.05) is 17.7 Å². The van der Waals surface area contributed by atoms with Crippen molar-refractivity contribution in [2.24, 2.45) is 0 Å². The zero-order valence-corrected chi connectivity index (χ0v) is 8.50. The van der Waals surface area contributed by atoms with Crippen LogP contribution >= 0.6 is 0 Å². The summed E-state index contributed by atoms with van der Waals surface area (Å²) in [6.45, 7) is 1.65. The smallest absolute Gasteiger partial charge is 0.200 e. The highest BCUT2D eigenvalue weighted by Gasteiger charge is 2.25. The predicted molar refractivity (Wildman–Crippen MR) is 53.4 cm³/mol. The molecule has 1 aliphatic heterocycles. The first-order chi connectivity index (χ1) is 6.54. The summed E-state index contributed by atoms with van der Waals surface area (Å²) in [5.41, 5.74) is 2.09. The Balaban J connectivity index is 2.75. The van der Waals surface area contributed by atoms with E-state index in [0.29, 0.717) is 16.0 Å². The number of hydrogen-bond donors (Lipinski definition) is 1. The van der Waals surface area contributed by atoms with E-state index in [0.717, 1.165) is 11.0 Å². The lowest BCUT2D eigenvalue weighted by molar-refractivity contribution is 0.350. The summed E-state index contributed by atoms with van der Waals surface area (Å²) in [7, 11) is -3.31. The van der Waals surface area contributed by atoms with E-state index < -0.39 is 9.84 Å². The van der Waals surface area contributed by atoms with Gasteiger partial charge in [0.25, 0.3) is 0 Å². The lowest BCUT2D eigenvalue weighted by Gasteiger charge is -2.02. The molecule has 0 aliphatic carbocycles. The minimum atomic E-state index is -3.31. The number of benzene rings is 1. The third kappa shape index (κ3) is 1.27. The highest BCUT2D eigenvalue weighted by molar-refractivity contribution is 7.95. The van der Waals surface area contributed by atoms with Gasteiger partial charge in [-0.2, -0.15) is 0 Å². The zero-order chi connectivity index (χ0) is 10.3. The van der Waals surface area contributed by atoms with Crippen molar-refractivity contribution in [1.29, 1.82) is 0 Å². The van der Waals surface area contributed by atoms with Crippen LogP contribution in [0.4, 0.5) is 0 Å². The van der Waals surface area contributed by atoms with Crippen LogP contribution in [0.1, 0.15) is 11.1 Å². The molecule has 3 nitrogen and oxygen atoms in total. The Bertz CT molecular complexity index is 512. The summed E-state index contributed by atoms with van der Waals surface area (Å²) < 4.78 is 23.1. The molecule has 0 spiro atoms. The van der Waals surface area contributed by atoms with Crippen molar-refractivity contribution in [3.8, 4) is 0 Å². The summed E-state index contributed by atoms with van der Waals surface area (Å²) >= 11 is 0. The van der Waals surface area contributed by atoms with Crippen LogP contribution < -0.4 is 0 Å². The van der Waals surface area contributed by atoms with Gasteiger partial charge in [0.2, 0.25) is 9.84 Å². The number of fused-ring (bicyclic) bond motifs is 1. The Morgan fingerprint density at radius 1 is 1.36 bits per heavy atom. The third-order valence-electron chi connectivity index (χ3n) is 2.26. The molecule has 74 valence electrons. The van der Waals surface area contributed by atoms with Crippen LogP contribution in [-0.2, 0) is 9.84 Å². The molecule has 0 bridgehead atoms. The molecule has 1 aliphatic rings. The number of aliphatic hydroxyl groups excluding tert-OH is 1. The summed E-state index contributed by atoms with van der Waals surface area (Å²) in [6, 6.07) is 5.12.